The molecule has 114 valence electrons. The zero-order chi connectivity index (χ0) is 15.3. The van der Waals surface area contributed by atoms with Crippen LogP contribution in [0.5, 0.6) is 0 Å². The number of rotatable bonds is 6. The van der Waals surface area contributed by atoms with Crippen molar-refractivity contribution in [2.24, 2.45) is 0 Å². The molecule has 0 heterocycles. The van der Waals surface area contributed by atoms with E-state index >= 15 is 0 Å². The van der Waals surface area contributed by atoms with Crippen LogP contribution in [0.1, 0.15) is 24.8 Å². The maximum absolute atomic E-state index is 12.8. The van der Waals surface area contributed by atoms with Crippen LogP contribution in [-0.2, 0) is 10.0 Å². The molecule has 0 unspecified atom stereocenters. The summed E-state index contributed by atoms with van der Waals surface area (Å²) in [5.74, 6) is 5.55. The van der Waals surface area contributed by atoms with E-state index in [1.807, 2.05) is 0 Å². The van der Waals surface area contributed by atoms with Crippen LogP contribution in [0, 0.1) is 11.8 Å². The molecule has 0 aromatic heterocycles. The van der Waals surface area contributed by atoms with Gasteiger partial charge in [0.1, 0.15) is 0 Å². The van der Waals surface area contributed by atoms with Crippen molar-refractivity contribution in [3.05, 3.63) is 29.8 Å². The summed E-state index contributed by atoms with van der Waals surface area (Å²) in [7, 11) is -3.66. The summed E-state index contributed by atoms with van der Waals surface area (Å²) in [6.45, 7) is -0.153. The van der Waals surface area contributed by atoms with Crippen LogP contribution in [0.15, 0.2) is 29.2 Å². The van der Waals surface area contributed by atoms with Crippen molar-refractivity contribution in [3.63, 3.8) is 0 Å². The SMILES string of the molecule is O=S(=O)(c1ccccc1C#CCCO)N(CCO)C1CC1. The highest BCUT2D eigenvalue weighted by Gasteiger charge is 2.38. The quantitative estimate of drug-likeness (QED) is 0.753. The first-order valence-corrected chi connectivity index (χ1v) is 8.36. The largest absolute Gasteiger partial charge is 0.395 e. The normalized spacial score (nSPS) is 14.8. The minimum Gasteiger partial charge on any atom is -0.395 e. The van der Waals surface area contributed by atoms with Crippen LogP contribution < -0.4 is 0 Å². The van der Waals surface area contributed by atoms with Crippen molar-refractivity contribution in [2.75, 3.05) is 19.8 Å². The zero-order valence-corrected chi connectivity index (χ0v) is 12.5. The Morgan fingerprint density at radius 3 is 2.52 bits per heavy atom. The smallest absolute Gasteiger partial charge is 0.244 e. The minimum atomic E-state index is -3.66. The fourth-order valence-corrected chi connectivity index (χ4v) is 3.92. The van der Waals surface area contributed by atoms with Gasteiger partial charge in [-0.3, -0.25) is 0 Å². The van der Waals surface area contributed by atoms with Gasteiger partial charge in [0, 0.05) is 24.6 Å². The molecule has 0 bridgehead atoms. The summed E-state index contributed by atoms with van der Waals surface area (Å²) < 4.78 is 26.9. The van der Waals surface area contributed by atoms with Gasteiger partial charge in [0.05, 0.1) is 18.1 Å². The Morgan fingerprint density at radius 1 is 1.19 bits per heavy atom. The standard InChI is InChI=1S/C15H19NO4S/c17-11-4-3-6-13-5-1-2-7-15(13)21(19,20)16(10-12-18)14-8-9-14/h1-2,5,7,14,17-18H,4,8-12H2. The molecule has 0 aliphatic heterocycles. The van der Waals surface area contributed by atoms with E-state index in [2.05, 4.69) is 11.8 Å². The number of aliphatic hydroxyl groups excluding tert-OH is 2. The molecule has 0 radical (unpaired) electrons. The Bertz CT molecular complexity index is 641. The second kappa shape index (κ2) is 7.05. The molecule has 0 atom stereocenters. The minimum absolute atomic E-state index is 0.0133. The number of benzene rings is 1. The Hall–Kier alpha value is -1.39. The molecule has 0 amide bonds. The van der Waals surface area contributed by atoms with Gasteiger partial charge in [-0.1, -0.05) is 24.0 Å². The van der Waals surface area contributed by atoms with Crippen molar-refractivity contribution < 1.29 is 18.6 Å². The van der Waals surface area contributed by atoms with Gasteiger partial charge in [-0.25, -0.2) is 8.42 Å². The Morgan fingerprint density at radius 2 is 1.90 bits per heavy atom. The lowest BCUT2D eigenvalue weighted by molar-refractivity contribution is 0.250. The number of hydrogen-bond acceptors (Lipinski definition) is 4. The number of aliphatic hydroxyl groups is 2. The highest BCUT2D eigenvalue weighted by Crippen LogP contribution is 2.32. The third-order valence-corrected chi connectivity index (χ3v) is 5.22. The Balaban J connectivity index is 2.37. The molecule has 1 aliphatic rings. The van der Waals surface area contributed by atoms with Crippen LogP contribution in [0.4, 0.5) is 0 Å². The average Bonchev–Trinajstić information content (AvgIpc) is 3.30. The van der Waals surface area contributed by atoms with Crippen molar-refractivity contribution >= 4 is 10.0 Å². The summed E-state index contributed by atoms with van der Waals surface area (Å²) in [6, 6.07) is 6.57. The monoisotopic (exact) mass is 309 g/mol. The molecule has 1 fully saturated rings. The summed E-state index contributed by atoms with van der Waals surface area (Å²) in [5, 5.41) is 17.9. The van der Waals surface area contributed by atoms with Crippen molar-refractivity contribution in [1.29, 1.82) is 0 Å². The molecule has 0 spiro atoms. The molecule has 21 heavy (non-hydrogen) atoms. The number of sulfonamides is 1. The van der Waals surface area contributed by atoms with Crippen LogP contribution in [0.25, 0.3) is 0 Å². The number of nitrogens with zero attached hydrogens (tertiary/aromatic N) is 1. The molecular formula is C15H19NO4S. The maximum atomic E-state index is 12.8. The highest BCUT2D eigenvalue weighted by atomic mass is 32.2. The first kappa shape index (κ1) is 16.0. The fourth-order valence-electron chi connectivity index (χ4n) is 2.09. The van der Waals surface area contributed by atoms with E-state index in [1.165, 1.54) is 10.4 Å². The van der Waals surface area contributed by atoms with Crippen molar-refractivity contribution in [1.82, 2.24) is 4.31 Å². The van der Waals surface area contributed by atoms with E-state index < -0.39 is 10.0 Å². The van der Waals surface area contributed by atoms with Crippen LogP contribution in [0.2, 0.25) is 0 Å². The molecule has 2 N–H and O–H groups in total. The summed E-state index contributed by atoms with van der Waals surface area (Å²) in [6.07, 6.45) is 1.96. The maximum Gasteiger partial charge on any atom is 0.244 e. The van der Waals surface area contributed by atoms with Gasteiger partial charge >= 0.3 is 0 Å². The van der Waals surface area contributed by atoms with Crippen LogP contribution in [0.3, 0.4) is 0 Å². The lowest BCUT2D eigenvalue weighted by atomic mass is 10.2. The van der Waals surface area contributed by atoms with Gasteiger partial charge in [0.25, 0.3) is 0 Å². The number of hydrogen-bond donors (Lipinski definition) is 2. The molecule has 6 heteroatoms. The zero-order valence-electron chi connectivity index (χ0n) is 11.7. The van der Waals surface area contributed by atoms with Crippen molar-refractivity contribution in [2.45, 2.75) is 30.2 Å². The summed E-state index contributed by atoms with van der Waals surface area (Å²) in [4.78, 5) is 0.163. The van der Waals surface area contributed by atoms with E-state index in [0.29, 0.717) is 12.0 Å². The van der Waals surface area contributed by atoms with E-state index in [9.17, 15) is 8.42 Å². The van der Waals surface area contributed by atoms with Gasteiger partial charge in [-0.2, -0.15) is 4.31 Å². The lowest BCUT2D eigenvalue weighted by Gasteiger charge is -2.21. The predicted molar refractivity (Wildman–Crippen MR) is 79.0 cm³/mol. The molecule has 1 aliphatic carbocycles. The second-order valence-electron chi connectivity index (χ2n) is 4.84. The van der Waals surface area contributed by atoms with Crippen molar-refractivity contribution in [3.8, 4) is 11.8 Å². The van der Waals surface area contributed by atoms with Gasteiger partial charge < -0.3 is 10.2 Å². The molecular weight excluding hydrogens is 290 g/mol. The molecule has 1 aromatic carbocycles. The van der Waals surface area contributed by atoms with E-state index in [4.69, 9.17) is 10.2 Å². The summed E-state index contributed by atoms with van der Waals surface area (Å²) in [5.41, 5.74) is 0.425. The molecule has 1 saturated carbocycles. The van der Waals surface area contributed by atoms with E-state index in [0.717, 1.165) is 12.8 Å². The Kier molecular flexibility index (Phi) is 5.37. The first-order valence-electron chi connectivity index (χ1n) is 6.92. The van der Waals surface area contributed by atoms with E-state index in [-0.39, 0.29) is 30.7 Å². The molecule has 2 rings (SSSR count). The highest BCUT2D eigenvalue weighted by molar-refractivity contribution is 7.89. The molecule has 0 saturated heterocycles. The second-order valence-corrected chi connectivity index (χ2v) is 6.70. The average molecular weight is 309 g/mol. The third-order valence-electron chi connectivity index (χ3n) is 3.21. The van der Waals surface area contributed by atoms with Crippen LogP contribution >= 0.6 is 0 Å². The van der Waals surface area contributed by atoms with E-state index in [1.54, 1.807) is 18.2 Å². The topological polar surface area (TPSA) is 77.8 Å². The molecule has 5 nitrogen and oxygen atoms in total. The fraction of sp³-hybridized carbons (Fsp3) is 0.467. The summed E-state index contributed by atoms with van der Waals surface area (Å²) >= 11 is 0. The predicted octanol–water partition coefficient (Wildman–Crippen LogP) is 0.566. The Labute approximate surface area is 125 Å². The van der Waals surface area contributed by atoms with Gasteiger partial charge in [0.2, 0.25) is 10.0 Å². The lowest BCUT2D eigenvalue weighted by Crippen LogP contribution is -2.35. The third kappa shape index (κ3) is 3.83. The molecule has 1 aromatic rings. The van der Waals surface area contributed by atoms with Gasteiger partial charge in [0.15, 0.2) is 0 Å². The van der Waals surface area contributed by atoms with Gasteiger partial charge in [-0.15, -0.1) is 0 Å². The van der Waals surface area contributed by atoms with Gasteiger partial charge in [-0.05, 0) is 25.0 Å². The van der Waals surface area contributed by atoms with Crippen LogP contribution in [-0.4, -0.2) is 48.7 Å². The first-order chi connectivity index (χ1) is 10.1.